The number of ether oxygens (including phenoxy) is 2. The molecule has 1 atom stereocenters. The molecule has 1 aliphatic heterocycles. The Kier molecular flexibility index (Phi) is 7.78. The molecule has 1 amide bonds. The fraction of sp³-hybridized carbons (Fsp3) is 0.529. The predicted octanol–water partition coefficient (Wildman–Crippen LogP) is 3.00. The monoisotopic (exact) mass is 369 g/mol. The lowest BCUT2D eigenvalue weighted by Gasteiger charge is -2.14. The summed E-state index contributed by atoms with van der Waals surface area (Å²) in [6, 6.07) is 7.77. The maximum Gasteiger partial charge on any atom is 0.344 e. The Hall–Kier alpha value is -1.34. The maximum atomic E-state index is 11.7. The third-order valence-corrected chi connectivity index (χ3v) is 6.46. The molecule has 132 valence electrons. The van der Waals surface area contributed by atoms with Crippen molar-refractivity contribution in [2.75, 3.05) is 24.7 Å². The van der Waals surface area contributed by atoms with Gasteiger partial charge in [0, 0.05) is 18.1 Å². The summed E-state index contributed by atoms with van der Waals surface area (Å²) in [5.41, 5.74) is 1.26. The van der Waals surface area contributed by atoms with Gasteiger partial charge < -0.3 is 14.8 Å². The van der Waals surface area contributed by atoms with Gasteiger partial charge in [-0.15, -0.1) is 23.5 Å². The Morgan fingerprint density at radius 3 is 2.54 bits per heavy atom. The molecular weight excluding hydrogens is 346 g/mol. The molecular formula is C17H23NO4S2. The normalized spacial score (nSPS) is 15.8. The van der Waals surface area contributed by atoms with Gasteiger partial charge in [0.1, 0.15) is 5.75 Å². The first-order valence-electron chi connectivity index (χ1n) is 8.03. The van der Waals surface area contributed by atoms with Crippen molar-refractivity contribution in [1.82, 2.24) is 5.32 Å². The molecule has 1 aromatic rings. The van der Waals surface area contributed by atoms with Crippen molar-refractivity contribution in [2.45, 2.75) is 31.0 Å². The van der Waals surface area contributed by atoms with Crippen LogP contribution in [0.25, 0.3) is 0 Å². The van der Waals surface area contributed by atoms with E-state index in [1.54, 1.807) is 6.92 Å². The second kappa shape index (κ2) is 9.84. The molecule has 1 aliphatic rings. The second-order valence-corrected chi connectivity index (χ2v) is 8.08. The molecule has 0 bridgehead atoms. The highest BCUT2D eigenvalue weighted by atomic mass is 32.2. The van der Waals surface area contributed by atoms with Crippen molar-refractivity contribution in [1.29, 1.82) is 0 Å². The number of carbonyl (C=O) groups is 2. The molecule has 0 aromatic heterocycles. The lowest BCUT2D eigenvalue weighted by molar-refractivity contribution is -0.156. The number of amides is 1. The van der Waals surface area contributed by atoms with E-state index in [-0.39, 0.29) is 12.5 Å². The zero-order valence-corrected chi connectivity index (χ0v) is 15.6. The maximum absolute atomic E-state index is 11.7. The number of carbonyl (C=O) groups excluding carboxylic acids is 2. The van der Waals surface area contributed by atoms with Crippen molar-refractivity contribution in [3.8, 4) is 5.75 Å². The van der Waals surface area contributed by atoms with E-state index < -0.39 is 12.1 Å². The number of esters is 1. The van der Waals surface area contributed by atoms with E-state index in [0.717, 1.165) is 6.42 Å². The van der Waals surface area contributed by atoms with Crippen LogP contribution in [0.3, 0.4) is 0 Å². The minimum absolute atomic E-state index is 0.211. The number of hydrogen-bond donors (Lipinski definition) is 1. The Morgan fingerprint density at radius 1 is 1.25 bits per heavy atom. The summed E-state index contributed by atoms with van der Waals surface area (Å²) in [7, 11) is 0. The van der Waals surface area contributed by atoms with Gasteiger partial charge in [0.05, 0.1) is 4.58 Å². The Balaban J connectivity index is 1.74. The van der Waals surface area contributed by atoms with Gasteiger partial charge in [-0.05, 0) is 31.0 Å². The fourth-order valence-corrected chi connectivity index (χ4v) is 4.95. The van der Waals surface area contributed by atoms with Crippen LogP contribution in [0, 0.1) is 0 Å². The van der Waals surface area contributed by atoms with Gasteiger partial charge in [-0.2, -0.15) is 0 Å². The van der Waals surface area contributed by atoms with Gasteiger partial charge in [0.15, 0.2) is 12.7 Å². The molecule has 1 heterocycles. The molecule has 0 saturated carbocycles. The van der Waals surface area contributed by atoms with Crippen LogP contribution < -0.4 is 10.1 Å². The van der Waals surface area contributed by atoms with E-state index >= 15 is 0 Å². The molecule has 5 nitrogen and oxygen atoms in total. The van der Waals surface area contributed by atoms with Gasteiger partial charge in [-0.3, -0.25) is 4.79 Å². The minimum atomic E-state index is -0.813. The Bertz CT molecular complexity index is 544. The van der Waals surface area contributed by atoms with E-state index in [2.05, 4.69) is 5.32 Å². The third kappa shape index (κ3) is 5.94. The van der Waals surface area contributed by atoms with Crippen molar-refractivity contribution in [3.05, 3.63) is 29.8 Å². The molecule has 1 fully saturated rings. The Labute approximate surface area is 151 Å². The molecule has 7 heteroatoms. The number of hydrogen-bond acceptors (Lipinski definition) is 6. The number of rotatable bonds is 8. The van der Waals surface area contributed by atoms with E-state index in [9.17, 15) is 9.59 Å². The summed E-state index contributed by atoms with van der Waals surface area (Å²) in [6.45, 7) is 3.87. The van der Waals surface area contributed by atoms with Gasteiger partial charge in [-0.1, -0.05) is 19.1 Å². The minimum Gasteiger partial charge on any atom is -0.482 e. The van der Waals surface area contributed by atoms with Crippen LogP contribution in [0.2, 0.25) is 0 Å². The van der Waals surface area contributed by atoms with E-state index in [1.807, 2.05) is 54.7 Å². The second-order valence-electron chi connectivity index (χ2n) is 5.35. The zero-order valence-electron chi connectivity index (χ0n) is 13.9. The molecule has 0 radical (unpaired) electrons. The highest BCUT2D eigenvalue weighted by molar-refractivity contribution is 8.19. The first kappa shape index (κ1) is 19.0. The summed E-state index contributed by atoms with van der Waals surface area (Å²) < 4.78 is 11.0. The lowest BCUT2D eigenvalue weighted by Crippen LogP contribution is -2.37. The first-order valence-corrected chi connectivity index (χ1v) is 10.1. The zero-order chi connectivity index (χ0) is 17.4. The van der Waals surface area contributed by atoms with Crippen LogP contribution in [-0.2, 0) is 14.3 Å². The quantitative estimate of drug-likeness (QED) is 0.711. The van der Waals surface area contributed by atoms with E-state index in [0.29, 0.717) is 16.9 Å². The van der Waals surface area contributed by atoms with Crippen LogP contribution in [0.4, 0.5) is 0 Å². The molecule has 1 aromatic carbocycles. The van der Waals surface area contributed by atoms with Crippen LogP contribution in [0.5, 0.6) is 5.75 Å². The summed E-state index contributed by atoms with van der Waals surface area (Å²) in [5, 5.41) is 2.68. The number of thioether (sulfide) groups is 2. The molecule has 0 aliphatic carbocycles. The highest BCUT2D eigenvalue weighted by Gasteiger charge is 2.19. The van der Waals surface area contributed by atoms with Crippen LogP contribution >= 0.6 is 23.5 Å². The summed E-state index contributed by atoms with van der Waals surface area (Å²) in [6.07, 6.45) is 0.0232. The van der Waals surface area contributed by atoms with Crippen LogP contribution in [-0.4, -0.2) is 42.6 Å². The van der Waals surface area contributed by atoms with Gasteiger partial charge in [0.25, 0.3) is 5.91 Å². The summed E-state index contributed by atoms with van der Waals surface area (Å²) in [5.74, 6) is 2.14. The highest BCUT2D eigenvalue weighted by Crippen LogP contribution is 2.45. The van der Waals surface area contributed by atoms with Gasteiger partial charge >= 0.3 is 5.97 Å². The van der Waals surface area contributed by atoms with Crippen LogP contribution in [0.1, 0.15) is 30.4 Å². The summed E-state index contributed by atoms with van der Waals surface area (Å²) in [4.78, 5) is 23.4. The van der Waals surface area contributed by atoms with Crippen LogP contribution in [0.15, 0.2) is 24.3 Å². The Morgan fingerprint density at radius 2 is 1.92 bits per heavy atom. The van der Waals surface area contributed by atoms with E-state index in [4.69, 9.17) is 9.47 Å². The van der Waals surface area contributed by atoms with Crippen molar-refractivity contribution < 1.29 is 19.1 Å². The molecule has 1 N–H and O–H groups in total. The standard InChI is InChI=1S/C17H23NO4S2/c1-3-8-18-16(20)12(2)22-15(19)11-21-14-6-4-13(5-7-14)17-23-9-10-24-17/h4-7,12,17H,3,8-11H2,1-2H3,(H,18,20)/t12-/m1/s1. The van der Waals surface area contributed by atoms with Crippen molar-refractivity contribution in [3.63, 3.8) is 0 Å². The first-order chi connectivity index (χ1) is 11.6. The predicted molar refractivity (Wildman–Crippen MR) is 98.4 cm³/mol. The smallest absolute Gasteiger partial charge is 0.344 e. The topological polar surface area (TPSA) is 64.6 Å². The molecule has 24 heavy (non-hydrogen) atoms. The average Bonchev–Trinajstić information content (AvgIpc) is 3.12. The molecule has 2 rings (SSSR count). The fourth-order valence-electron chi connectivity index (χ4n) is 2.09. The lowest BCUT2D eigenvalue weighted by atomic mass is 10.2. The molecule has 0 unspecified atom stereocenters. The largest absolute Gasteiger partial charge is 0.482 e. The number of nitrogens with one attached hydrogen (secondary N) is 1. The number of benzene rings is 1. The summed E-state index contributed by atoms with van der Waals surface area (Å²) >= 11 is 3.89. The van der Waals surface area contributed by atoms with Crippen molar-refractivity contribution in [2.24, 2.45) is 0 Å². The SMILES string of the molecule is CCCNC(=O)[C@@H](C)OC(=O)COc1ccc(C2SCCS2)cc1. The third-order valence-electron chi connectivity index (χ3n) is 3.36. The molecule has 0 spiro atoms. The van der Waals surface area contributed by atoms with E-state index in [1.165, 1.54) is 17.1 Å². The van der Waals surface area contributed by atoms with Crippen molar-refractivity contribution >= 4 is 35.4 Å². The van der Waals surface area contributed by atoms with Gasteiger partial charge in [-0.25, -0.2) is 4.79 Å². The van der Waals surface area contributed by atoms with Gasteiger partial charge in [0.2, 0.25) is 0 Å². The average molecular weight is 370 g/mol. The molecule has 1 saturated heterocycles.